The smallest absolute Gasteiger partial charge is 0.339 e. The highest BCUT2D eigenvalue weighted by Crippen LogP contribution is 2.27. The zero-order valence-corrected chi connectivity index (χ0v) is 26.0. The molecule has 12 nitrogen and oxygen atoms in total. The molecule has 0 spiro atoms. The fourth-order valence-corrected chi connectivity index (χ4v) is 5.98. The molecular weight excluding hydrogens is 560 g/mol. The molecule has 2 aliphatic rings. The van der Waals surface area contributed by atoms with E-state index in [4.69, 9.17) is 9.97 Å². The first kappa shape index (κ1) is 31.3. The van der Waals surface area contributed by atoms with Gasteiger partial charge in [-0.3, -0.25) is 19.8 Å². The highest BCUT2D eigenvalue weighted by molar-refractivity contribution is 5.93. The average molecular weight is 603 g/mol. The van der Waals surface area contributed by atoms with Gasteiger partial charge in [-0.15, -0.1) is 0 Å². The highest BCUT2D eigenvalue weighted by Gasteiger charge is 2.27. The third-order valence-corrected chi connectivity index (χ3v) is 8.32. The molecule has 234 valence electrons. The topological polar surface area (TPSA) is 139 Å². The molecule has 2 aliphatic heterocycles. The van der Waals surface area contributed by atoms with Crippen LogP contribution in [-0.4, -0.2) is 104 Å². The van der Waals surface area contributed by atoms with Gasteiger partial charge in [0.15, 0.2) is 0 Å². The molecule has 0 saturated carbocycles. The molecule has 12 heteroatoms. The van der Waals surface area contributed by atoms with Crippen molar-refractivity contribution in [2.24, 2.45) is 0 Å². The van der Waals surface area contributed by atoms with Crippen LogP contribution in [0.15, 0.2) is 36.7 Å². The van der Waals surface area contributed by atoms with Crippen LogP contribution in [0.2, 0.25) is 0 Å². The predicted octanol–water partition coefficient (Wildman–Crippen LogP) is 3.55. The quantitative estimate of drug-likeness (QED) is 0.351. The van der Waals surface area contributed by atoms with Gasteiger partial charge in [-0.1, -0.05) is 27.7 Å². The van der Waals surface area contributed by atoms with Crippen LogP contribution in [-0.2, 0) is 13.1 Å². The number of aromatic carboxylic acids is 2. The molecule has 2 fully saturated rings. The molecule has 3 aromatic rings. The number of hydrogen-bond donors (Lipinski definition) is 2. The summed E-state index contributed by atoms with van der Waals surface area (Å²) in [7, 11) is 0. The Balaban J connectivity index is 1.27. The first-order chi connectivity index (χ1) is 21.1. The van der Waals surface area contributed by atoms with Crippen molar-refractivity contribution in [2.45, 2.75) is 52.6 Å². The SMILES string of the molecule is CC(C)c1nc(CN2CCN(c3ncccc3C(=O)O)CC2)c(C(C)C)nc1CN1CCN(c2ncccc2C(=O)O)CC1. The van der Waals surface area contributed by atoms with Gasteiger partial charge in [0, 0.05) is 77.8 Å². The molecule has 2 N–H and O–H groups in total. The van der Waals surface area contributed by atoms with E-state index in [1.165, 1.54) is 0 Å². The van der Waals surface area contributed by atoms with Gasteiger partial charge in [-0.25, -0.2) is 19.6 Å². The van der Waals surface area contributed by atoms with Crippen molar-refractivity contribution in [2.75, 3.05) is 62.2 Å². The van der Waals surface area contributed by atoms with Crippen LogP contribution in [0.4, 0.5) is 11.6 Å². The van der Waals surface area contributed by atoms with Crippen LogP contribution in [0.5, 0.6) is 0 Å². The van der Waals surface area contributed by atoms with Gasteiger partial charge < -0.3 is 20.0 Å². The van der Waals surface area contributed by atoms with Crippen molar-refractivity contribution >= 4 is 23.6 Å². The lowest BCUT2D eigenvalue weighted by molar-refractivity contribution is 0.0686. The van der Waals surface area contributed by atoms with E-state index in [0.29, 0.717) is 50.9 Å². The number of carboxylic acids is 2. The molecule has 5 heterocycles. The minimum Gasteiger partial charge on any atom is -0.478 e. The summed E-state index contributed by atoms with van der Waals surface area (Å²) in [5.41, 5.74) is 4.51. The Kier molecular flexibility index (Phi) is 9.70. The largest absolute Gasteiger partial charge is 0.478 e. The molecule has 0 amide bonds. The van der Waals surface area contributed by atoms with Gasteiger partial charge >= 0.3 is 11.9 Å². The number of pyridine rings is 2. The maximum atomic E-state index is 11.7. The molecular formula is C32H42N8O4. The van der Waals surface area contributed by atoms with E-state index < -0.39 is 11.9 Å². The van der Waals surface area contributed by atoms with Crippen molar-refractivity contribution in [3.63, 3.8) is 0 Å². The fraction of sp³-hybridized carbons (Fsp3) is 0.500. The summed E-state index contributed by atoms with van der Waals surface area (Å²) < 4.78 is 0. The normalized spacial score (nSPS) is 16.6. The molecule has 0 aromatic carbocycles. The molecule has 0 radical (unpaired) electrons. The molecule has 5 rings (SSSR count). The number of carbonyl (C=O) groups is 2. The lowest BCUT2D eigenvalue weighted by Crippen LogP contribution is -2.47. The summed E-state index contributed by atoms with van der Waals surface area (Å²) in [4.78, 5) is 51.4. The van der Waals surface area contributed by atoms with E-state index in [-0.39, 0.29) is 23.0 Å². The van der Waals surface area contributed by atoms with Crippen molar-refractivity contribution in [3.05, 3.63) is 70.6 Å². The van der Waals surface area contributed by atoms with Crippen LogP contribution >= 0.6 is 0 Å². The molecule has 3 aromatic heterocycles. The second-order valence-corrected chi connectivity index (χ2v) is 12.1. The summed E-state index contributed by atoms with van der Waals surface area (Å²) in [5, 5.41) is 19.2. The second kappa shape index (κ2) is 13.6. The van der Waals surface area contributed by atoms with Gasteiger partial charge in [-0.05, 0) is 36.1 Å². The minimum atomic E-state index is -0.962. The van der Waals surface area contributed by atoms with E-state index in [1.54, 1.807) is 36.7 Å². The monoisotopic (exact) mass is 602 g/mol. The van der Waals surface area contributed by atoms with E-state index in [1.807, 2.05) is 9.80 Å². The molecule has 44 heavy (non-hydrogen) atoms. The van der Waals surface area contributed by atoms with Crippen LogP contribution in [0.1, 0.15) is 83.0 Å². The third-order valence-electron chi connectivity index (χ3n) is 8.32. The van der Waals surface area contributed by atoms with Crippen molar-refractivity contribution in [1.29, 1.82) is 0 Å². The van der Waals surface area contributed by atoms with Crippen molar-refractivity contribution in [1.82, 2.24) is 29.7 Å². The Bertz CT molecular complexity index is 1370. The maximum absolute atomic E-state index is 11.7. The number of carboxylic acid groups (broad SMARTS) is 2. The number of nitrogens with zero attached hydrogens (tertiary/aromatic N) is 8. The Morgan fingerprint density at radius 2 is 1.02 bits per heavy atom. The van der Waals surface area contributed by atoms with Crippen molar-refractivity contribution in [3.8, 4) is 0 Å². The number of piperazine rings is 2. The number of anilines is 2. The van der Waals surface area contributed by atoms with E-state index >= 15 is 0 Å². The first-order valence-corrected chi connectivity index (χ1v) is 15.3. The number of aromatic nitrogens is 4. The van der Waals surface area contributed by atoms with Crippen LogP contribution in [0.3, 0.4) is 0 Å². The predicted molar refractivity (Wildman–Crippen MR) is 168 cm³/mol. The Hall–Kier alpha value is -4.16. The van der Waals surface area contributed by atoms with Gasteiger partial charge in [0.1, 0.15) is 22.8 Å². The summed E-state index contributed by atoms with van der Waals surface area (Å²) in [6.45, 7) is 15.9. The summed E-state index contributed by atoms with van der Waals surface area (Å²) >= 11 is 0. The number of rotatable bonds is 10. The fourth-order valence-electron chi connectivity index (χ4n) is 5.98. The molecule has 2 saturated heterocycles. The lowest BCUT2D eigenvalue weighted by atomic mass is 10.0. The Morgan fingerprint density at radius 3 is 1.34 bits per heavy atom. The third kappa shape index (κ3) is 6.97. The molecule has 0 unspecified atom stereocenters. The average Bonchev–Trinajstić information content (AvgIpc) is 3.02. The number of hydrogen-bond acceptors (Lipinski definition) is 10. The first-order valence-electron chi connectivity index (χ1n) is 15.3. The van der Waals surface area contributed by atoms with Gasteiger partial charge in [0.05, 0.1) is 22.8 Å². The Morgan fingerprint density at radius 1 is 0.659 bits per heavy atom. The maximum Gasteiger partial charge on any atom is 0.339 e. The molecule has 0 bridgehead atoms. The summed E-state index contributed by atoms with van der Waals surface area (Å²) in [5.74, 6) is -0.456. The zero-order chi connectivity index (χ0) is 31.4. The van der Waals surface area contributed by atoms with Crippen LogP contribution in [0.25, 0.3) is 0 Å². The second-order valence-electron chi connectivity index (χ2n) is 12.1. The molecule has 0 atom stereocenters. The van der Waals surface area contributed by atoms with Gasteiger partial charge in [-0.2, -0.15) is 0 Å². The Labute approximate surface area is 258 Å². The van der Waals surface area contributed by atoms with Crippen molar-refractivity contribution < 1.29 is 19.8 Å². The summed E-state index contributed by atoms with van der Waals surface area (Å²) in [6, 6.07) is 6.52. The van der Waals surface area contributed by atoms with E-state index in [9.17, 15) is 19.8 Å². The van der Waals surface area contributed by atoms with E-state index in [0.717, 1.165) is 49.0 Å². The standard InChI is InChI=1S/C32H42N8O4/c1-21(2)27-25(19-37-11-15-39(16-12-37)29-23(31(41)42)7-5-9-33-29)36-28(22(3)4)26(35-27)20-38-13-17-40(18-14-38)30-24(32(43)44)8-6-10-34-30/h5-10,21-22H,11-20H2,1-4H3,(H,41,42)(H,43,44). The highest BCUT2D eigenvalue weighted by atomic mass is 16.4. The van der Waals surface area contributed by atoms with Crippen LogP contribution < -0.4 is 9.80 Å². The zero-order valence-electron chi connectivity index (χ0n) is 26.0. The lowest BCUT2D eigenvalue weighted by Gasteiger charge is -2.37. The molecule has 0 aliphatic carbocycles. The van der Waals surface area contributed by atoms with Gasteiger partial charge in [0.2, 0.25) is 0 Å². The minimum absolute atomic E-state index is 0.209. The van der Waals surface area contributed by atoms with Crippen LogP contribution in [0, 0.1) is 0 Å². The van der Waals surface area contributed by atoms with E-state index in [2.05, 4.69) is 47.5 Å². The van der Waals surface area contributed by atoms with Gasteiger partial charge in [0.25, 0.3) is 0 Å². The summed E-state index contributed by atoms with van der Waals surface area (Å²) in [6.07, 6.45) is 3.28.